The molecule has 5 heteroatoms. The predicted molar refractivity (Wildman–Crippen MR) is 45.1 cm³/mol. The van der Waals surface area contributed by atoms with E-state index in [1.807, 2.05) is 6.26 Å². The second-order valence-corrected chi connectivity index (χ2v) is 3.02. The van der Waals surface area contributed by atoms with Crippen molar-refractivity contribution in [3.05, 3.63) is 0 Å². The number of carboxylic acid groups (broad SMARTS) is 1. The van der Waals surface area contributed by atoms with Gasteiger partial charge in [0.15, 0.2) is 5.71 Å². The molecule has 0 radical (unpaired) electrons. The summed E-state index contributed by atoms with van der Waals surface area (Å²) in [6.07, 6.45) is 1.82. The molecule has 4 nitrogen and oxygen atoms in total. The van der Waals surface area contributed by atoms with Crippen molar-refractivity contribution in [3.63, 3.8) is 0 Å². The van der Waals surface area contributed by atoms with Gasteiger partial charge >= 0.3 is 5.97 Å². The van der Waals surface area contributed by atoms with Crippen molar-refractivity contribution in [2.24, 2.45) is 5.16 Å². The van der Waals surface area contributed by atoms with E-state index in [2.05, 4.69) is 9.99 Å². The summed E-state index contributed by atoms with van der Waals surface area (Å²) in [6.45, 7) is 1.76. The molecule has 1 N–H and O–H groups in total. The summed E-state index contributed by atoms with van der Waals surface area (Å²) in [6, 6.07) is 0. The Labute approximate surface area is 69.6 Å². The van der Waals surface area contributed by atoms with Crippen LogP contribution in [0.4, 0.5) is 0 Å². The second kappa shape index (κ2) is 5.01. The van der Waals surface area contributed by atoms with Gasteiger partial charge in [-0.25, -0.2) is 4.79 Å². The minimum Gasteiger partial charge on any atom is -0.477 e. The summed E-state index contributed by atoms with van der Waals surface area (Å²) in [5.41, 5.74) is 0.0417. The van der Waals surface area contributed by atoms with Gasteiger partial charge in [-0.2, -0.15) is 11.8 Å². The highest BCUT2D eigenvalue weighted by atomic mass is 32.2. The first kappa shape index (κ1) is 10.3. The van der Waals surface area contributed by atoms with Crippen LogP contribution in [0.3, 0.4) is 0 Å². The summed E-state index contributed by atoms with van der Waals surface area (Å²) in [7, 11) is 1.33. The van der Waals surface area contributed by atoms with Crippen molar-refractivity contribution < 1.29 is 14.7 Å². The van der Waals surface area contributed by atoms with Crippen LogP contribution in [0.5, 0.6) is 0 Å². The third-order valence-corrected chi connectivity index (χ3v) is 2.08. The predicted octanol–water partition coefficient (Wildman–Crippen LogP) is 0.825. The fraction of sp³-hybridized carbons (Fsp3) is 0.667. The van der Waals surface area contributed by atoms with Crippen LogP contribution >= 0.6 is 11.8 Å². The molecule has 0 aliphatic heterocycles. The Bertz CT molecular complexity index is 169. The van der Waals surface area contributed by atoms with Crippen LogP contribution in [0.2, 0.25) is 0 Å². The third-order valence-electron chi connectivity index (χ3n) is 1.15. The summed E-state index contributed by atoms with van der Waals surface area (Å²) in [4.78, 5) is 14.8. The molecule has 1 unspecified atom stereocenters. The normalized spacial score (nSPS) is 14.3. The van der Waals surface area contributed by atoms with Crippen LogP contribution in [0.25, 0.3) is 0 Å². The average molecular weight is 177 g/mol. The zero-order chi connectivity index (χ0) is 8.85. The van der Waals surface area contributed by atoms with E-state index in [1.54, 1.807) is 6.92 Å². The quantitative estimate of drug-likeness (QED) is 0.510. The molecular formula is C6H11NO3S. The fourth-order valence-electron chi connectivity index (χ4n) is 0.497. The lowest BCUT2D eigenvalue weighted by Crippen LogP contribution is -2.23. The molecule has 0 aliphatic rings. The molecule has 0 saturated carbocycles. The number of carbonyl (C=O) groups is 1. The summed E-state index contributed by atoms with van der Waals surface area (Å²) in [5.74, 6) is -1.03. The van der Waals surface area contributed by atoms with Crippen molar-refractivity contribution >= 4 is 23.4 Å². The Balaban J connectivity index is 4.34. The van der Waals surface area contributed by atoms with E-state index in [0.717, 1.165) is 0 Å². The van der Waals surface area contributed by atoms with Crippen molar-refractivity contribution in [2.45, 2.75) is 12.2 Å². The van der Waals surface area contributed by atoms with E-state index in [-0.39, 0.29) is 11.0 Å². The minimum atomic E-state index is -1.03. The molecule has 0 amide bonds. The molecule has 0 spiro atoms. The molecule has 64 valence electrons. The zero-order valence-corrected chi connectivity index (χ0v) is 7.51. The number of aliphatic carboxylic acids is 1. The highest BCUT2D eigenvalue weighted by Gasteiger charge is 2.17. The van der Waals surface area contributed by atoms with Crippen molar-refractivity contribution in [3.8, 4) is 0 Å². The Morgan fingerprint density at radius 1 is 1.73 bits per heavy atom. The van der Waals surface area contributed by atoms with Crippen LogP contribution in [-0.2, 0) is 9.63 Å². The van der Waals surface area contributed by atoms with Gasteiger partial charge < -0.3 is 9.94 Å². The maximum absolute atomic E-state index is 10.5. The molecule has 11 heavy (non-hydrogen) atoms. The third kappa shape index (κ3) is 3.27. The summed E-state index contributed by atoms with van der Waals surface area (Å²) >= 11 is 1.41. The first-order valence-corrected chi connectivity index (χ1v) is 4.29. The van der Waals surface area contributed by atoms with Gasteiger partial charge in [-0.3, -0.25) is 0 Å². The molecule has 0 fully saturated rings. The van der Waals surface area contributed by atoms with E-state index < -0.39 is 5.97 Å². The van der Waals surface area contributed by atoms with Crippen molar-refractivity contribution in [1.82, 2.24) is 0 Å². The molecule has 0 aromatic rings. The van der Waals surface area contributed by atoms with Crippen molar-refractivity contribution in [2.75, 3.05) is 13.4 Å². The molecule has 0 rings (SSSR count). The van der Waals surface area contributed by atoms with Crippen LogP contribution < -0.4 is 0 Å². The number of hydrogen-bond donors (Lipinski definition) is 1. The van der Waals surface area contributed by atoms with E-state index in [1.165, 1.54) is 18.9 Å². The molecule has 0 aromatic heterocycles. The van der Waals surface area contributed by atoms with E-state index >= 15 is 0 Å². The van der Waals surface area contributed by atoms with Gasteiger partial charge in [-0.1, -0.05) is 5.16 Å². The lowest BCUT2D eigenvalue weighted by molar-refractivity contribution is -0.129. The van der Waals surface area contributed by atoms with Gasteiger partial charge in [0.05, 0.1) is 5.25 Å². The van der Waals surface area contributed by atoms with Gasteiger partial charge in [0.2, 0.25) is 0 Å². The number of carboxylic acids is 1. The van der Waals surface area contributed by atoms with E-state index in [9.17, 15) is 4.79 Å². The van der Waals surface area contributed by atoms with Gasteiger partial charge in [-0.15, -0.1) is 0 Å². The largest absolute Gasteiger partial charge is 0.477 e. The van der Waals surface area contributed by atoms with Crippen molar-refractivity contribution in [1.29, 1.82) is 0 Å². The number of nitrogens with zero attached hydrogens (tertiary/aromatic N) is 1. The molecule has 0 bridgehead atoms. The summed E-state index contributed by atoms with van der Waals surface area (Å²) in [5, 5.41) is 11.8. The molecular weight excluding hydrogens is 166 g/mol. The second-order valence-electron chi connectivity index (χ2n) is 1.84. The Morgan fingerprint density at radius 3 is 2.55 bits per heavy atom. The number of rotatable bonds is 4. The first-order chi connectivity index (χ1) is 5.13. The monoisotopic (exact) mass is 177 g/mol. The lowest BCUT2D eigenvalue weighted by atomic mass is 10.3. The SMILES string of the molecule is CON=C(C(=O)O)C(C)SC. The number of hydrogen-bond acceptors (Lipinski definition) is 4. The first-order valence-electron chi connectivity index (χ1n) is 3.00. The topological polar surface area (TPSA) is 58.9 Å². The van der Waals surface area contributed by atoms with Gasteiger partial charge in [0, 0.05) is 0 Å². The van der Waals surface area contributed by atoms with Gasteiger partial charge in [-0.05, 0) is 13.2 Å². The van der Waals surface area contributed by atoms with E-state index in [0.29, 0.717) is 0 Å². The zero-order valence-electron chi connectivity index (χ0n) is 6.70. The lowest BCUT2D eigenvalue weighted by Gasteiger charge is -2.05. The molecule has 1 atom stereocenters. The highest BCUT2D eigenvalue weighted by molar-refractivity contribution is 8.00. The highest BCUT2D eigenvalue weighted by Crippen LogP contribution is 2.07. The maximum atomic E-state index is 10.5. The molecule has 0 aromatic carbocycles. The Morgan fingerprint density at radius 2 is 2.27 bits per heavy atom. The fourth-order valence-corrected chi connectivity index (χ4v) is 0.864. The minimum absolute atomic E-state index is 0.0417. The van der Waals surface area contributed by atoms with Crippen LogP contribution in [0.15, 0.2) is 5.16 Å². The smallest absolute Gasteiger partial charge is 0.354 e. The van der Waals surface area contributed by atoms with E-state index in [4.69, 9.17) is 5.11 Å². The summed E-state index contributed by atoms with van der Waals surface area (Å²) < 4.78 is 0. The molecule has 0 heterocycles. The number of thioether (sulfide) groups is 1. The maximum Gasteiger partial charge on any atom is 0.354 e. The Hall–Kier alpha value is -0.710. The van der Waals surface area contributed by atoms with Crippen LogP contribution in [0.1, 0.15) is 6.92 Å². The van der Waals surface area contributed by atoms with Gasteiger partial charge in [0.1, 0.15) is 7.11 Å². The Kier molecular flexibility index (Phi) is 4.69. The average Bonchev–Trinajstić information content (AvgIpc) is 1.98. The standard InChI is InChI=1S/C6H11NO3S/c1-4(11-3)5(6(8)9)7-10-2/h4H,1-3H3,(H,8,9). The van der Waals surface area contributed by atoms with Crippen LogP contribution in [0, 0.1) is 0 Å². The number of oxime groups is 1. The van der Waals surface area contributed by atoms with Gasteiger partial charge in [0.25, 0.3) is 0 Å². The molecule has 0 aliphatic carbocycles. The molecule has 0 saturated heterocycles. The van der Waals surface area contributed by atoms with Crippen LogP contribution in [-0.4, -0.2) is 35.4 Å².